The number of halogens is 1. The molecule has 0 bridgehead atoms. The van der Waals surface area contributed by atoms with Crippen LogP contribution in [0, 0.1) is 0 Å². The van der Waals surface area contributed by atoms with Gasteiger partial charge in [0.25, 0.3) is 5.91 Å². The fraction of sp³-hybridized carbons (Fsp3) is 0.350. The molecule has 0 spiro atoms. The first-order chi connectivity index (χ1) is 12.1. The van der Waals surface area contributed by atoms with E-state index in [1.807, 2.05) is 18.2 Å². The molecule has 130 valence electrons. The second-order valence-electron chi connectivity index (χ2n) is 6.69. The Morgan fingerprint density at radius 2 is 1.92 bits per heavy atom. The molecule has 0 atom stereocenters. The van der Waals surface area contributed by atoms with Crippen molar-refractivity contribution in [2.24, 2.45) is 0 Å². The molecular formula is C20H20ClNO3. The minimum absolute atomic E-state index is 0.0176. The van der Waals surface area contributed by atoms with Crippen LogP contribution in [0.1, 0.15) is 41.6 Å². The molecule has 1 N–H and O–H groups in total. The summed E-state index contributed by atoms with van der Waals surface area (Å²) in [4.78, 5) is 14.5. The number of ether oxygens (including phenoxy) is 1. The van der Waals surface area contributed by atoms with E-state index in [0.29, 0.717) is 23.9 Å². The van der Waals surface area contributed by atoms with Gasteiger partial charge in [-0.3, -0.25) is 4.79 Å². The average Bonchev–Trinajstić information content (AvgIpc) is 3.11. The monoisotopic (exact) mass is 357 g/mol. The van der Waals surface area contributed by atoms with Crippen molar-refractivity contribution < 1.29 is 14.6 Å². The lowest BCUT2D eigenvalue weighted by molar-refractivity contribution is 0.0980. The molecule has 0 saturated heterocycles. The van der Waals surface area contributed by atoms with Gasteiger partial charge in [0.15, 0.2) is 0 Å². The summed E-state index contributed by atoms with van der Waals surface area (Å²) in [5.74, 6) is 0.832. The number of anilines is 1. The molecule has 1 fully saturated rings. The maximum Gasteiger partial charge on any atom is 0.258 e. The number of benzene rings is 2. The van der Waals surface area contributed by atoms with Crippen LogP contribution in [0.25, 0.3) is 0 Å². The van der Waals surface area contributed by atoms with E-state index in [9.17, 15) is 9.90 Å². The lowest BCUT2D eigenvalue weighted by atomic mass is 9.98. The number of nitrogens with zero attached hydrogens (tertiary/aromatic N) is 1. The lowest BCUT2D eigenvalue weighted by Crippen LogP contribution is -2.37. The summed E-state index contributed by atoms with van der Waals surface area (Å²) >= 11 is 5.98. The van der Waals surface area contributed by atoms with Crippen LogP contribution in [0.3, 0.4) is 0 Å². The van der Waals surface area contributed by atoms with Crippen molar-refractivity contribution in [1.82, 2.24) is 0 Å². The van der Waals surface area contributed by atoms with Gasteiger partial charge in [0, 0.05) is 17.8 Å². The van der Waals surface area contributed by atoms with Crippen molar-refractivity contribution in [2.75, 3.05) is 11.4 Å². The van der Waals surface area contributed by atoms with Crippen LogP contribution < -0.4 is 9.64 Å². The lowest BCUT2D eigenvalue weighted by Gasteiger charge is -2.29. The van der Waals surface area contributed by atoms with Gasteiger partial charge >= 0.3 is 0 Å². The molecule has 1 heterocycles. The van der Waals surface area contributed by atoms with E-state index in [1.165, 1.54) is 18.9 Å². The largest absolute Gasteiger partial charge is 0.506 e. The third kappa shape index (κ3) is 3.19. The third-order valence-electron chi connectivity index (χ3n) is 5.00. The second kappa shape index (κ2) is 6.60. The summed E-state index contributed by atoms with van der Waals surface area (Å²) in [6.45, 7) is 0.583. The van der Waals surface area contributed by atoms with Gasteiger partial charge in [-0.2, -0.15) is 0 Å². The fourth-order valence-electron chi connectivity index (χ4n) is 3.65. The molecule has 1 saturated carbocycles. The van der Waals surface area contributed by atoms with Crippen LogP contribution in [0.15, 0.2) is 36.4 Å². The van der Waals surface area contributed by atoms with Crippen LogP contribution in [-0.2, 0) is 6.42 Å². The van der Waals surface area contributed by atoms with Crippen molar-refractivity contribution in [3.8, 4) is 11.5 Å². The van der Waals surface area contributed by atoms with Crippen LogP contribution in [0.5, 0.6) is 11.5 Å². The Morgan fingerprint density at radius 1 is 1.12 bits per heavy atom. The van der Waals surface area contributed by atoms with Crippen LogP contribution in [-0.4, -0.2) is 23.7 Å². The first kappa shape index (κ1) is 16.3. The molecular weight excluding hydrogens is 338 g/mol. The predicted molar refractivity (Wildman–Crippen MR) is 97.8 cm³/mol. The maximum absolute atomic E-state index is 12.8. The van der Waals surface area contributed by atoms with Crippen molar-refractivity contribution >= 4 is 23.2 Å². The third-order valence-corrected chi connectivity index (χ3v) is 5.31. The number of carbonyl (C=O) groups is 1. The highest BCUT2D eigenvalue weighted by molar-refractivity contribution is 6.32. The summed E-state index contributed by atoms with van der Waals surface area (Å²) in [6, 6.07) is 10.6. The zero-order valence-corrected chi connectivity index (χ0v) is 14.6. The summed E-state index contributed by atoms with van der Waals surface area (Å²) < 4.78 is 6.05. The van der Waals surface area contributed by atoms with Gasteiger partial charge in [0.05, 0.1) is 11.1 Å². The number of phenols is 1. The van der Waals surface area contributed by atoms with Crippen LogP contribution in [0.4, 0.5) is 5.69 Å². The highest BCUT2D eigenvalue weighted by atomic mass is 35.5. The van der Waals surface area contributed by atoms with Gasteiger partial charge < -0.3 is 14.7 Å². The molecule has 1 aliphatic carbocycles. The second-order valence-corrected chi connectivity index (χ2v) is 7.09. The van der Waals surface area contributed by atoms with E-state index >= 15 is 0 Å². The van der Waals surface area contributed by atoms with Gasteiger partial charge in [-0.1, -0.05) is 11.6 Å². The quantitative estimate of drug-likeness (QED) is 0.875. The Morgan fingerprint density at radius 3 is 2.68 bits per heavy atom. The Balaban J connectivity index is 1.56. The standard InChI is InChI=1S/C20H20ClNO3/c21-18-12-14(5-8-19(18)23)22-10-9-13-11-16(6-7-17(13)20(22)24)25-15-3-1-2-4-15/h5-8,11-12,15,23H,1-4,9-10H2. The number of amides is 1. The van der Waals surface area contributed by atoms with E-state index in [0.717, 1.165) is 30.6 Å². The zero-order valence-electron chi connectivity index (χ0n) is 13.9. The summed E-state index contributed by atoms with van der Waals surface area (Å²) in [5, 5.41) is 9.81. The number of hydrogen-bond acceptors (Lipinski definition) is 3. The number of aromatic hydroxyl groups is 1. The van der Waals surface area contributed by atoms with Crippen molar-refractivity contribution in [2.45, 2.75) is 38.2 Å². The summed E-state index contributed by atoms with van der Waals surface area (Å²) in [6.07, 6.45) is 5.78. The highest BCUT2D eigenvalue weighted by Gasteiger charge is 2.26. The predicted octanol–water partition coefficient (Wildman–Crippen LogP) is 4.57. The Hall–Kier alpha value is -2.20. The molecule has 0 aromatic heterocycles. The van der Waals surface area contributed by atoms with E-state index in [4.69, 9.17) is 16.3 Å². The molecule has 1 amide bonds. The van der Waals surface area contributed by atoms with Gasteiger partial charge in [0.1, 0.15) is 11.5 Å². The van der Waals surface area contributed by atoms with Gasteiger partial charge in [-0.25, -0.2) is 0 Å². The van der Waals surface area contributed by atoms with E-state index in [-0.39, 0.29) is 16.7 Å². The SMILES string of the molecule is O=C1c2ccc(OC3CCCC3)cc2CCN1c1ccc(O)c(Cl)c1. The van der Waals surface area contributed by atoms with E-state index in [2.05, 4.69) is 0 Å². The number of rotatable bonds is 3. The van der Waals surface area contributed by atoms with Crippen molar-refractivity contribution in [3.05, 3.63) is 52.5 Å². The van der Waals surface area contributed by atoms with Gasteiger partial charge in [-0.15, -0.1) is 0 Å². The minimum Gasteiger partial charge on any atom is -0.506 e. The van der Waals surface area contributed by atoms with Gasteiger partial charge in [-0.05, 0) is 74.1 Å². The topological polar surface area (TPSA) is 49.8 Å². The minimum atomic E-state index is -0.0459. The maximum atomic E-state index is 12.8. The average molecular weight is 358 g/mol. The fourth-order valence-corrected chi connectivity index (χ4v) is 3.82. The van der Waals surface area contributed by atoms with Gasteiger partial charge in [0.2, 0.25) is 0 Å². The van der Waals surface area contributed by atoms with E-state index < -0.39 is 0 Å². The first-order valence-corrected chi connectivity index (χ1v) is 9.09. The molecule has 0 unspecified atom stereocenters. The Labute approximate surface area is 152 Å². The molecule has 2 aromatic rings. The molecule has 4 nitrogen and oxygen atoms in total. The number of fused-ring (bicyclic) bond motifs is 1. The van der Waals surface area contributed by atoms with Crippen LogP contribution >= 0.6 is 11.6 Å². The number of hydrogen-bond donors (Lipinski definition) is 1. The number of phenolic OH excluding ortho intramolecular Hbond substituents is 1. The molecule has 25 heavy (non-hydrogen) atoms. The van der Waals surface area contributed by atoms with Crippen molar-refractivity contribution in [1.29, 1.82) is 0 Å². The summed E-state index contributed by atoms with van der Waals surface area (Å²) in [5.41, 5.74) is 2.43. The highest BCUT2D eigenvalue weighted by Crippen LogP contribution is 2.32. The molecule has 1 aliphatic heterocycles. The molecule has 4 rings (SSSR count). The van der Waals surface area contributed by atoms with Crippen molar-refractivity contribution in [3.63, 3.8) is 0 Å². The zero-order chi connectivity index (χ0) is 17.4. The molecule has 2 aromatic carbocycles. The van der Waals surface area contributed by atoms with E-state index in [1.54, 1.807) is 17.0 Å². The smallest absolute Gasteiger partial charge is 0.258 e. The number of carbonyl (C=O) groups excluding carboxylic acids is 1. The van der Waals surface area contributed by atoms with Crippen LogP contribution in [0.2, 0.25) is 5.02 Å². The summed E-state index contributed by atoms with van der Waals surface area (Å²) in [7, 11) is 0. The first-order valence-electron chi connectivity index (χ1n) is 8.72. The Bertz CT molecular complexity index is 815. The Kier molecular flexibility index (Phi) is 4.30. The molecule has 2 aliphatic rings. The molecule has 5 heteroatoms. The normalized spacial score (nSPS) is 17.6. The molecule has 0 radical (unpaired) electrons.